The zero-order valence-corrected chi connectivity index (χ0v) is 15.1. The summed E-state index contributed by atoms with van der Waals surface area (Å²) in [5.41, 5.74) is 0.500. The number of methoxy groups -OCH3 is 2. The number of nitrogens with one attached hydrogen (secondary N) is 2. The van der Waals surface area contributed by atoms with Gasteiger partial charge >= 0.3 is 12.0 Å². The van der Waals surface area contributed by atoms with Gasteiger partial charge in [-0.1, -0.05) is 30.3 Å². The number of ether oxygens (including phenoxy) is 3. The summed E-state index contributed by atoms with van der Waals surface area (Å²) in [5, 5.41) is 4.39. The van der Waals surface area contributed by atoms with Crippen LogP contribution in [0.15, 0.2) is 48.5 Å². The van der Waals surface area contributed by atoms with Crippen molar-refractivity contribution in [3.63, 3.8) is 0 Å². The Bertz CT molecular complexity index is 822. The number of rotatable bonds is 6. The van der Waals surface area contributed by atoms with Crippen molar-refractivity contribution >= 4 is 17.9 Å². The number of benzene rings is 2. The van der Waals surface area contributed by atoms with Crippen molar-refractivity contribution in [2.75, 3.05) is 21.3 Å². The first-order valence-corrected chi connectivity index (χ1v) is 8.00. The number of urea groups is 1. The third kappa shape index (κ3) is 4.97. The number of esters is 1. The van der Waals surface area contributed by atoms with Gasteiger partial charge in [-0.3, -0.25) is 10.1 Å². The molecule has 8 nitrogen and oxygen atoms in total. The van der Waals surface area contributed by atoms with Gasteiger partial charge in [-0.05, 0) is 18.2 Å². The summed E-state index contributed by atoms with van der Waals surface area (Å²) >= 11 is 0. The number of carbonyl (C=O) groups excluding carboxylic acids is 3. The molecule has 0 spiro atoms. The van der Waals surface area contributed by atoms with E-state index >= 15 is 0 Å². The van der Waals surface area contributed by atoms with Crippen molar-refractivity contribution in [1.29, 1.82) is 0 Å². The van der Waals surface area contributed by atoms with E-state index < -0.39 is 24.0 Å². The van der Waals surface area contributed by atoms with Crippen LogP contribution < -0.4 is 20.1 Å². The van der Waals surface area contributed by atoms with Gasteiger partial charge in [-0.2, -0.15) is 0 Å². The molecule has 0 aromatic heterocycles. The predicted molar refractivity (Wildman–Crippen MR) is 96.7 cm³/mol. The van der Waals surface area contributed by atoms with Crippen LogP contribution in [0, 0.1) is 0 Å². The van der Waals surface area contributed by atoms with E-state index in [2.05, 4.69) is 10.6 Å². The summed E-state index contributed by atoms with van der Waals surface area (Å²) < 4.78 is 15.7. The van der Waals surface area contributed by atoms with Crippen LogP contribution in [-0.4, -0.2) is 39.2 Å². The Labute approximate surface area is 156 Å². The van der Waals surface area contributed by atoms with Gasteiger partial charge in [-0.15, -0.1) is 0 Å². The van der Waals surface area contributed by atoms with Crippen molar-refractivity contribution < 1.29 is 28.6 Å². The molecule has 27 heavy (non-hydrogen) atoms. The first kappa shape index (κ1) is 19.8. The largest absolute Gasteiger partial charge is 0.497 e. The van der Waals surface area contributed by atoms with E-state index in [0.717, 1.165) is 0 Å². The Morgan fingerprint density at radius 1 is 0.963 bits per heavy atom. The van der Waals surface area contributed by atoms with Crippen molar-refractivity contribution in [2.24, 2.45) is 0 Å². The Morgan fingerprint density at radius 3 is 2.26 bits per heavy atom. The molecule has 2 aromatic rings. The zero-order chi connectivity index (χ0) is 19.8. The van der Waals surface area contributed by atoms with Gasteiger partial charge in [0.05, 0.1) is 14.2 Å². The average molecular weight is 372 g/mol. The molecule has 0 aliphatic heterocycles. The van der Waals surface area contributed by atoms with Crippen LogP contribution in [0.2, 0.25) is 0 Å². The van der Waals surface area contributed by atoms with Gasteiger partial charge in [0.2, 0.25) is 6.10 Å². The lowest BCUT2D eigenvalue weighted by atomic mass is 10.1. The highest BCUT2D eigenvalue weighted by Crippen LogP contribution is 2.27. The fraction of sp³-hybridized carbons (Fsp3) is 0.211. The van der Waals surface area contributed by atoms with Crippen LogP contribution in [0.25, 0.3) is 0 Å². The van der Waals surface area contributed by atoms with Gasteiger partial charge in [0.15, 0.2) is 0 Å². The highest BCUT2D eigenvalue weighted by molar-refractivity contribution is 5.99. The summed E-state index contributed by atoms with van der Waals surface area (Å²) in [6.07, 6.45) is -1.33. The van der Waals surface area contributed by atoms with Crippen LogP contribution in [-0.2, 0) is 9.53 Å². The molecule has 3 amide bonds. The molecule has 0 fully saturated rings. The molecular formula is C19H20N2O6. The Morgan fingerprint density at radius 2 is 1.67 bits per heavy atom. The maximum absolute atomic E-state index is 12.7. The SMILES string of the molecule is CNC(=O)NC(=O)C(OC(=O)c1cc(OC)ccc1OC)c1ccccc1. The Balaban J connectivity index is 2.33. The number of hydrogen-bond donors (Lipinski definition) is 2. The summed E-state index contributed by atoms with van der Waals surface area (Å²) in [7, 11) is 4.24. The van der Waals surface area contributed by atoms with E-state index in [-0.39, 0.29) is 11.3 Å². The highest BCUT2D eigenvalue weighted by atomic mass is 16.6. The average Bonchev–Trinajstić information content (AvgIpc) is 2.71. The molecule has 0 radical (unpaired) electrons. The minimum Gasteiger partial charge on any atom is -0.497 e. The number of hydrogen-bond acceptors (Lipinski definition) is 6. The summed E-state index contributed by atoms with van der Waals surface area (Å²) in [4.78, 5) is 36.6. The predicted octanol–water partition coefficient (Wildman–Crippen LogP) is 2.06. The lowest BCUT2D eigenvalue weighted by Gasteiger charge is -2.18. The lowest BCUT2D eigenvalue weighted by Crippen LogP contribution is -2.41. The molecule has 0 heterocycles. The second-order valence-corrected chi connectivity index (χ2v) is 5.33. The standard InChI is InChI=1S/C19H20N2O6/c1-20-19(24)21-17(22)16(12-7-5-4-6-8-12)27-18(23)14-11-13(25-2)9-10-15(14)26-3/h4-11,16H,1-3H3,(H2,20,21,22,24). The van der Waals surface area contributed by atoms with Gasteiger partial charge < -0.3 is 19.5 Å². The molecule has 0 saturated heterocycles. The summed E-state index contributed by atoms with van der Waals surface area (Å²) in [5.74, 6) is -0.893. The fourth-order valence-electron chi connectivity index (χ4n) is 2.28. The molecule has 0 aliphatic rings. The molecule has 0 saturated carbocycles. The molecule has 0 aliphatic carbocycles. The first-order valence-electron chi connectivity index (χ1n) is 8.00. The third-order valence-electron chi connectivity index (χ3n) is 3.66. The highest BCUT2D eigenvalue weighted by Gasteiger charge is 2.28. The van der Waals surface area contributed by atoms with E-state index in [9.17, 15) is 14.4 Å². The summed E-state index contributed by atoms with van der Waals surface area (Å²) in [6.45, 7) is 0. The smallest absolute Gasteiger partial charge is 0.343 e. The molecule has 2 aromatic carbocycles. The maximum atomic E-state index is 12.7. The Hall–Kier alpha value is -3.55. The van der Waals surface area contributed by atoms with E-state index in [1.165, 1.54) is 27.3 Å². The normalized spacial score (nSPS) is 11.1. The summed E-state index contributed by atoms with van der Waals surface area (Å²) in [6, 6.07) is 12.3. The van der Waals surface area contributed by atoms with E-state index in [1.54, 1.807) is 42.5 Å². The van der Waals surface area contributed by atoms with Crippen molar-refractivity contribution in [2.45, 2.75) is 6.10 Å². The molecule has 1 unspecified atom stereocenters. The molecule has 142 valence electrons. The molecule has 2 rings (SSSR count). The van der Waals surface area contributed by atoms with Gasteiger partial charge in [0, 0.05) is 12.6 Å². The van der Waals surface area contributed by atoms with Crippen molar-refractivity contribution in [3.05, 3.63) is 59.7 Å². The van der Waals surface area contributed by atoms with Crippen molar-refractivity contribution in [3.8, 4) is 11.5 Å². The van der Waals surface area contributed by atoms with Crippen LogP contribution in [0.4, 0.5) is 4.79 Å². The quantitative estimate of drug-likeness (QED) is 0.753. The lowest BCUT2D eigenvalue weighted by molar-refractivity contribution is -0.129. The van der Waals surface area contributed by atoms with E-state index in [1.807, 2.05) is 0 Å². The maximum Gasteiger partial charge on any atom is 0.343 e. The topological polar surface area (TPSA) is 103 Å². The van der Waals surface area contributed by atoms with E-state index in [4.69, 9.17) is 14.2 Å². The molecule has 1 atom stereocenters. The molecule has 8 heteroatoms. The molecule has 0 bridgehead atoms. The van der Waals surface area contributed by atoms with Crippen LogP contribution >= 0.6 is 0 Å². The van der Waals surface area contributed by atoms with Crippen molar-refractivity contribution in [1.82, 2.24) is 10.6 Å². The first-order chi connectivity index (χ1) is 13.0. The zero-order valence-electron chi connectivity index (χ0n) is 15.1. The second-order valence-electron chi connectivity index (χ2n) is 5.33. The van der Waals surface area contributed by atoms with Crippen LogP contribution in [0.5, 0.6) is 11.5 Å². The van der Waals surface area contributed by atoms with Gasteiger partial charge in [0.1, 0.15) is 17.1 Å². The Kier molecular flexibility index (Phi) is 6.76. The number of amides is 3. The molecular weight excluding hydrogens is 352 g/mol. The number of carbonyl (C=O) groups is 3. The third-order valence-corrected chi connectivity index (χ3v) is 3.66. The van der Waals surface area contributed by atoms with Crippen LogP contribution in [0.3, 0.4) is 0 Å². The fourth-order valence-corrected chi connectivity index (χ4v) is 2.28. The minimum atomic E-state index is -1.33. The monoisotopic (exact) mass is 372 g/mol. The molecule has 2 N–H and O–H groups in total. The van der Waals surface area contributed by atoms with Crippen LogP contribution in [0.1, 0.15) is 22.0 Å². The number of imide groups is 1. The van der Waals surface area contributed by atoms with E-state index in [0.29, 0.717) is 11.3 Å². The second kappa shape index (κ2) is 9.23. The minimum absolute atomic E-state index is 0.0884. The van der Waals surface area contributed by atoms with Gasteiger partial charge in [-0.25, -0.2) is 9.59 Å². The van der Waals surface area contributed by atoms with Gasteiger partial charge in [0.25, 0.3) is 5.91 Å².